The lowest BCUT2D eigenvalue weighted by Crippen LogP contribution is -2.75. The molecule has 32 heavy (non-hydrogen) atoms. The molecule has 6 nitrogen and oxygen atoms in total. The largest absolute Gasteiger partial charge is 0.456 e. The van der Waals surface area contributed by atoms with E-state index in [2.05, 4.69) is 40.0 Å². The molecule has 3 atom stereocenters. The Morgan fingerprint density at radius 2 is 2.00 bits per heavy atom. The number of hydrogen-bond donors (Lipinski definition) is 0. The summed E-state index contributed by atoms with van der Waals surface area (Å²) in [6, 6.07) is 16.6. The minimum atomic E-state index is -0.956. The van der Waals surface area contributed by atoms with Gasteiger partial charge in [0.1, 0.15) is 5.60 Å². The van der Waals surface area contributed by atoms with Crippen molar-refractivity contribution in [3.05, 3.63) is 76.3 Å². The fourth-order valence-electron chi connectivity index (χ4n) is 6.39. The monoisotopic (exact) mass is 429 g/mol. The zero-order chi connectivity index (χ0) is 22.5. The van der Waals surface area contributed by atoms with E-state index < -0.39 is 11.0 Å². The Morgan fingerprint density at radius 1 is 1.22 bits per heavy atom. The summed E-state index contributed by atoms with van der Waals surface area (Å²) in [5, 5.41) is 0. The molecule has 1 saturated carbocycles. The smallest absolute Gasteiger partial charge is 0.338 e. The van der Waals surface area contributed by atoms with Crippen LogP contribution in [0.2, 0.25) is 0 Å². The number of fused-ring (bicyclic) bond motifs is 1. The second-order valence-electron chi connectivity index (χ2n) is 9.48. The van der Waals surface area contributed by atoms with Gasteiger partial charge in [0.05, 0.1) is 12.5 Å². The fraction of sp³-hybridized carbons (Fsp3) is 0.423. The van der Waals surface area contributed by atoms with Crippen molar-refractivity contribution in [2.24, 2.45) is 0 Å². The molecule has 1 heterocycles. The Kier molecular flexibility index (Phi) is 4.88. The molecule has 2 aromatic carbocycles. The van der Waals surface area contributed by atoms with Crippen LogP contribution in [-0.2, 0) is 32.7 Å². The van der Waals surface area contributed by atoms with Gasteiger partial charge in [-0.1, -0.05) is 54.1 Å². The van der Waals surface area contributed by atoms with Gasteiger partial charge in [0, 0.05) is 25.3 Å². The summed E-state index contributed by atoms with van der Waals surface area (Å²) in [5.74, 6) is -0.538. The Labute approximate surface area is 187 Å². The molecule has 2 aromatic rings. The zero-order valence-electron chi connectivity index (χ0n) is 18.5. The number of ether oxygens (including phenoxy) is 1. The SMILES string of the molecule is CC(=O)O[C@@]12CC(=[N+]=[N-])C(=O)C[C@@]13CCN(Cc1ccccc1)[C@@H]2Cc1ccc(C)cc13. The van der Waals surface area contributed by atoms with Crippen LogP contribution < -0.4 is 0 Å². The summed E-state index contributed by atoms with van der Waals surface area (Å²) in [5.41, 5.74) is 12.8. The molecule has 164 valence electrons. The van der Waals surface area contributed by atoms with E-state index in [4.69, 9.17) is 4.74 Å². The van der Waals surface area contributed by atoms with Gasteiger partial charge < -0.3 is 10.3 Å². The number of benzene rings is 2. The van der Waals surface area contributed by atoms with E-state index in [9.17, 15) is 15.1 Å². The van der Waals surface area contributed by atoms with Gasteiger partial charge in [-0.15, -0.1) is 0 Å². The number of likely N-dealkylation sites (tertiary alicyclic amines) is 1. The lowest BCUT2D eigenvalue weighted by molar-refractivity contribution is -0.201. The normalized spacial score (nSPS) is 29.0. The number of carbonyl (C=O) groups excluding carboxylic acids is 2. The van der Waals surface area contributed by atoms with Crippen molar-refractivity contribution >= 4 is 17.5 Å². The number of nitrogens with zero attached hydrogens (tertiary/aromatic N) is 3. The number of rotatable bonds is 3. The van der Waals surface area contributed by atoms with E-state index in [1.165, 1.54) is 18.1 Å². The second kappa shape index (κ2) is 7.51. The molecule has 5 rings (SSSR count). The first-order valence-electron chi connectivity index (χ1n) is 11.2. The maximum absolute atomic E-state index is 13.0. The Hall–Kier alpha value is -3.08. The molecule has 6 heteroatoms. The van der Waals surface area contributed by atoms with Gasteiger partial charge >= 0.3 is 11.7 Å². The van der Waals surface area contributed by atoms with Gasteiger partial charge in [0.2, 0.25) is 5.78 Å². The van der Waals surface area contributed by atoms with Gasteiger partial charge in [-0.3, -0.25) is 14.5 Å². The average molecular weight is 430 g/mol. The zero-order valence-corrected chi connectivity index (χ0v) is 18.5. The van der Waals surface area contributed by atoms with Crippen molar-refractivity contribution in [1.82, 2.24) is 4.90 Å². The standard InChI is InChI=1S/C26H27N3O3/c1-17-8-9-20-13-24-26(32-18(2)30)14-22(28-27)23(31)15-25(26,21(20)12-17)10-11-29(24)16-19-6-4-3-5-7-19/h3-9,12,24H,10-11,13-16H2,1-2H3/t24-,25-,26-/m1/s1. The minimum Gasteiger partial charge on any atom is -0.456 e. The molecule has 0 radical (unpaired) electrons. The number of hydrogen-bond acceptors (Lipinski definition) is 4. The van der Waals surface area contributed by atoms with E-state index in [0.717, 1.165) is 24.2 Å². The highest BCUT2D eigenvalue weighted by Crippen LogP contribution is 2.59. The van der Waals surface area contributed by atoms with Crippen LogP contribution in [0.3, 0.4) is 0 Å². The van der Waals surface area contributed by atoms with Crippen LogP contribution in [0.25, 0.3) is 5.53 Å². The summed E-state index contributed by atoms with van der Waals surface area (Å²) in [4.78, 5) is 31.2. The van der Waals surface area contributed by atoms with Crippen LogP contribution in [0.15, 0.2) is 48.5 Å². The average Bonchev–Trinajstić information content (AvgIpc) is 2.76. The first-order valence-corrected chi connectivity index (χ1v) is 11.2. The third-order valence-corrected chi connectivity index (χ3v) is 7.70. The van der Waals surface area contributed by atoms with Gasteiger partial charge in [-0.2, -0.15) is 4.79 Å². The lowest BCUT2D eigenvalue weighted by Gasteiger charge is -2.63. The molecule has 2 aliphatic carbocycles. The second-order valence-corrected chi connectivity index (χ2v) is 9.48. The maximum atomic E-state index is 13.0. The number of carbonyl (C=O) groups is 2. The van der Waals surface area contributed by atoms with Crippen LogP contribution in [-0.4, -0.2) is 45.3 Å². The van der Waals surface area contributed by atoms with Crippen molar-refractivity contribution in [1.29, 1.82) is 0 Å². The van der Waals surface area contributed by atoms with E-state index in [1.807, 2.05) is 25.1 Å². The lowest BCUT2D eigenvalue weighted by atomic mass is 9.48. The van der Waals surface area contributed by atoms with E-state index in [0.29, 0.717) is 12.8 Å². The molecule has 1 saturated heterocycles. The Balaban J connectivity index is 1.71. The van der Waals surface area contributed by atoms with Crippen molar-refractivity contribution in [3.8, 4) is 0 Å². The van der Waals surface area contributed by atoms with Crippen molar-refractivity contribution < 1.29 is 19.1 Å². The predicted molar refractivity (Wildman–Crippen MR) is 119 cm³/mol. The van der Waals surface area contributed by atoms with E-state index in [-0.39, 0.29) is 36.3 Å². The van der Waals surface area contributed by atoms with Crippen molar-refractivity contribution in [3.63, 3.8) is 0 Å². The maximum Gasteiger partial charge on any atom is 0.338 e. The van der Waals surface area contributed by atoms with Crippen LogP contribution in [0.5, 0.6) is 0 Å². The molecular formula is C26H27N3O3. The summed E-state index contributed by atoms with van der Waals surface area (Å²) in [7, 11) is 0. The van der Waals surface area contributed by atoms with E-state index >= 15 is 0 Å². The first kappa shape index (κ1) is 20.8. The van der Waals surface area contributed by atoms with Gasteiger partial charge in [-0.25, -0.2) is 0 Å². The first-order chi connectivity index (χ1) is 15.4. The number of Topliss-reactive ketones (excluding diaryl/α,β-unsaturated/α-hetero) is 1. The molecule has 2 bridgehead atoms. The molecule has 0 amide bonds. The number of ketones is 1. The van der Waals surface area contributed by atoms with E-state index in [1.54, 1.807) is 0 Å². The molecule has 2 fully saturated rings. The summed E-state index contributed by atoms with van der Waals surface area (Å²) in [6.07, 6.45) is 1.73. The highest BCUT2D eigenvalue weighted by Gasteiger charge is 2.70. The Morgan fingerprint density at radius 3 is 2.72 bits per heavy atom. The number of aryl methyl sites for hydroxylation is 1. The molecule has 1 aliphatic heterocycles. The molecular weight excluding hydrogens is 402 g/mol. The van der Waals surface area contributed by atoms with Crippen LogP contribution in [0.1, 0.15) is 48.4 Å². The fourth-order valence-corrected chi connectivity index (χ4v) is 6.39. The molecule has 0 aromatic heterocycles. The molecule has 0 N–H and O–H groups in total. The number of piperidine rings is 1. The highest BCUT2D eigenvalue weighted by atomic mass is 16.6. The third kappa shape index (κ3) is 2.98. The molecule has 3 aliphatic rings. The van der Waals surface area contributed by atoms with Gasteiger partial charge in [0.25, 0.3) is 0 Å². The molecule has 0 spiro atoms. The summed E-state index contributed by atoms with van der Waals surface area (Å²) >= 11 is 0. The topological polar surface area (TPSA) is 83.0 Å². The number of esters is 1. The van der Waals surface area contributed by atoms with Gasteiger partial charge in [-0.05, 0) is 43.0 Å². The summed E-state index contributed by atoms with van der Waals surface area (Å²) in [6.45, 7) is 5.00. The third-order valence-electron chi connectivity index (χ3n) is 7.70. The highest BCUT2D eigenvalue weighted by molar-refractivity contribution is 6.39. The van der Waals surface area contributed by atoms with Crippen LogP contribution in [0, 0.1) is 6.92 Å². The Bertz CT molecular complexity index is 1150. The van der Waals surface area contributed by atoms with Gasteiger partial charge in [0.15, 0.2) is 0 Å². The van der Waals surface area contributed by atoms with Crippen LogP contribution >= 0.6 is 0 Å². The van der Waals surface area contributed by atoms with Crippen molar-refractivity contribution in [2.75, 3.05) is 6.54 Å². The van der Waals surface area contributed by atoms with Crippen molar-refractivity contribution in [2.45, 2.75) is 63.1 Å². The summed E-state index contributed by atoms with van der Waals surface area (Å²) < 4.78 is 6.26. The molecule has 0 unspecified atom stereocenters. The quantitative estimate of drug-likeness (QED) is 0.425. The van der Waals surface area contributed by atoms with Crippen LogP contribution in [0.4, 0.5) is 0 Å². The minimum absolute atomic E-state index is 0.101. The predicted octanol–water partition coefficient (Wildman–Crippen LogP) is 3.40.